The zero-order chi connectivity index (χ0) is 18.9. The van der Waals surface area contributed by atoms with Gasteiger partial charge in [-0.15, -0.1) is 0 Å². The summed E-state index contributed by atoms with van der Waals surface area (Å²) in [5.74, 6) is 0. The van der Waals surface area contributed by atoms with E-state index in [1.165, 1.54) is 22.3 Å². The van der Waals surface area contributed by atoms with Gasteiger partial charge in [-0.2, -0.15) is 0 Å². The molecule has 0 spiro atoms. The Kier molecular flexibility index (Phi) is 15.6. The largest absolute Gasteiger partial charge is 0.392 e. The van der Waals surface area contributed by atoms with Gasteiger partial charge in [0.05, 0.1) is 13.2 Å². The molecule has 0 fully saturated rings. The maximum Gasteiger partial charge on any atom is 0.0674 e. The maximum absolute atomic E-state index is 8.85. The van der Waals surface area contributed by atoms with E-state index >= 15 is 0 Å². The first kappa shape index (κ1) is 23.9. The van der Waals surface area contributed by atoms with E-state index in [9.17, 15) is 0 Å². The van der Waals surface area contributed by atoms with Crippen molar-refractivity contribution in [2.45, 2.75) is 79.6 Å². The van der Waals surface area contributed by atoms with Crippen LogP contribution in [0.2, 0.25) is 0 Å². The fourth-order valence-corrected chi connectivity index (χ4v) is 2.54. The Bertz CT molecular complexity index is 453. The predicted octanol–water partition coefficient (Wildman–Crippen LogP) is 6.53. The summed E-state index contributed by atoms with van der Waals surface area (Å²) in [6, 6.07) is 0. The van der Waals surface area contributed by atoms with E-state index < -0.39 is 0 Å². The zero-order valence-corrected chi connectivity index (χ0v) is 17.2. The fourth-order valence-electron chi connectivity index (χ4n) is 2.54. The number of hydrogen-bond acceptors (Lipinski definition) is 2. The molecule has 0 bridgehead atoms. The van der Waals surface area contributed by atoms with Crippen LogP contribution in [-0.2, 0) is 4.74 Å². The number of ether oxygens (including phenoxy) is 1. The van der Waals surface area contributed by atoms with Crippen molar-refractivity contribution < 1.29 is 9.84 Å². The van der Waals surface area contributed by atoms with E-state index in [2.05, 4.69) is 52.8 Å². The van der Waals surface area contributed by atoms with Crippen LogP contribution in [0.25, 0.3) is 0 Å². The minimum atomic E-state index is 0.152. The van der Waals surface area contributed by atoms with Crippen LogP contribution in [-0.4, -0.2) is 24.9 Å². The van der Waals surface area contributed by atoms with Crippen LogP contribution >= 0.6 is 0 Å². The Labute approximate surface area is 156 Å². The van der Waals surface area contributed by atoms with E-state index in [-0.39, 0.29) is 6.61 Å². The molecule has 0 rings (SSSR count). The van der Waals surface area contributed by atoms with Gasteiger partial charge in [0.25, 0.3) is 0 Å². The van der Waals surface area contributed by atoms with Crippen LogP contribution < -0.4 is 0 Å². The molecule has 1 N–H and O–H groups in total. The topological polar surface area (TPSA) is 29.5 Å². The van der Waals surface area contributed by atoms with Crippen LogP contribution in [0, 0.1) is 0 Å². The molecule has 0 amide bonds. The summed E-state index contributed by atoms with van der Waals surface area (Å²) in [7, 11) is 0. The number of aliphatic hydroxyl groups excluding tert-OH is 1. The lowest BCUT2D eigenvalue weighted by atomic mass is 10.0. The maximum atomic E-state index is 8.85. The molecule has 25 heavy (non-hydrogen) atoms. The minimum absolute atomic E-state index is 0.152. The Morgan fingerprint density at radius 2 is 1.16 bits per heavy atom. The number of allylic oxidation sites excluding steroid dienone is 6. The molecule has 2 heteroatoms. The number of aliphatic hydroxyl groups is 1. The molecule has 0 aromatic heterocycles. The first-order valence-corrected chi connectivity index (χ1v) is 9.80. The molecule has 2 nitrogen and oxygen atoms in total. The van der Waals surface area contributed by atoms with Gasteiger partial charge in [-0.3, -0.25) is 0 Å². The highest BCUT2D eigenvalue weighted by atomic mass is 16.5. The smallest absolute Gasteiger partial charge is 0.0674 e. The van der Waals surface area contributed by atoms with Crippen molar-refractivity contribution in [2.24, 2.45) is 0 Å². The van der Waals surface area contributed by atoms with Crippen LogP contribution in [0.1, 0.15) is 79.6 Å². The second-order valence-corrected chi connectivity index (χ2v) is 7.05. The summed E-state index contributed by atoms with van der Waals surface area (Å²) >= 11 is 0. The Hall–Kier alpha value is -1.12. The van der Waals surface area contributed by atoms with E-state index in [1.807, 2.05) is 6.08 Å². The van der Waals surface area contributed by atoms with Crippen molar-refractivity contribution in [3.63, 3.8) is 0 Å². The highest BCUT2D eigenvalue weighted by molar-refractivity contribution is 5.07. The minimum Gasteiger partial charge on any atom is -0.392 e. The number of hydrogen-bond donors (Lipinski definition) is 1. The average Bonchev–Trinajstić information content (AvgIpc) is 2.55. The normalized spacial score (nSPS) is 14.3. The quantitative estimate of drug-likeness (QED) is 0.285. The van der Waals surface area contributed by atoms with Crippen LogP contribution in [0.4, 0.5) is 0 Å². The summed E-state index contributed by atoms with van der Waals surface area (Å²) < 4.78 is 5.55. The first-order chi connectivity index (χ1) is 12.0. The lowest BCUT2D eigenvalue weighted by Crippen LogP contribution is -1.96. The summed E-state index contributed by atoms with van der Waals surface area (Å²) in [6.07, 6.45) is 16.6. The molecule has 0 saturated heterocycles. The molecule has 0 radical (unpaired) electrons. The molecule has 0 unspecified atom stereocenters. The highest BCUT2D eigenvalue weighted by Crippen LogP contribution is 2.13. The molecule has 0 aliphatic heterocycles. The standard InChI is InChI=1S/C23H40O2/c1-6-18-25-19-23(5)15-9-13-21(3)11-7-10-20(2)12-8-14-22(4)16-17-24/h11-12,15-16,24H,6-10,13-14,17-19H2,1-5H3/b20-12+,21-11+,22-16+,23-15+. The van der Waals surface area contributed by atoms with E-state index in [1.54, 1.807) is 0 Å². The fraction of sp³-hybridized carbons (Fsp3) is 0.652. The molecule has 0 atom stereocenters. The third-order valence-corrected chi connectivity index (χ3v) is 4.21. The van der Waals surface area contributed by atoms with E-state index in [4.69, 9.17) is 9.84 Å². The van der Waals surface area contributed by atoms with Gasteiger partial charge in [-0.1, -0.05) is 53.5 Å². The molecule has 0 aromatic rings. The van der Waals surface area contributed by atoms with Gasteiger partial charge in [-0.05, 0) is 72.6 Å². The summed E-state index contributed by atoms with van der Waals surface area (Å²) in [5.41, 5.74) is 5.55. The van der Waals surface area contributed by atoms with Gasteiger partial charge in [-0.25, -0.2) is 0 Å². The monoisotopic (exact) mass is 348 g/mol. The van der Waals surface area contributed by atoms with Crippen molar-refractivity contribution >= 4 is 0 Å². The third-order valence-electron chi connectivity index (χ3n) is 4.21. The first-order valence-electron chi connectivity index (χ1n) is 9.80. The van der Waals surface area contributed by atoms with Crippen molar-refractivity contribution in [1.29, 1.82) is 0 Å². The van der Waals surface area contributed by atoms with E-state index in [0.717, 1.165) is 58.2 Å². The van der Waals surface area contributed by atoms with Crippen molar-refractivity contribution in [2.75, 3.05) is 19.8 Å². The van der Waals surface area contributed by atoms with Gasteiger partial charge >= 0.3 is 0 Å². The lowest BCUT2D eigenvalue weighted by molar-refractivity contribution is 0.156. The van der Waals surface area contributed by atoms with Gasteiger partial charge < -0.3 is 9.84 Å². The van der Waals surface area contributed by atoms with Crippen molar-refractivity contribution in [3.05, 3.63) is 46.6 Å². The second-order valence-electron chi connectivity index (χ2n) is 7.05. The second kappa shape index (κ2) is 16.4. The van der Waals surface area contributed by atoms with Crippen molar-refractivity contribution in [3.8, 4) is 0 Å². The van der Waals surface area contributed by atoms with Gasteiger partial charge in [0, 0.05) is 6.61 Å². The van der Waals surface area contributed by atoms with Gasteiger partial charge in [0.15, 0.2) is 0 Å². The molecule has 0 aromatic carbocycles. The Morgan fingerprint density at radius 3 is 1.60 bits per heavy atom. The summed E-state index contributed by atoms with van der Waals surface area (Å²) in [4.78, 5) is 0. The molecule has 0 aliphatic carbocycles. The zero-order valence-electron chi connectivity index (χ0n) is 17.2. The highest BCUT2D eigenvalue weighted by Gasteiger charge is 1.94. The molecular formula is C23H40O2. The SMILES string of the molecule is CCCOC/C(C)=C/CC/C(C)=C/CC/C(C)=C/CC/C(C)=C/CO. The Morgan fingerprint density at radius 1 is 0.720 bits per heavy atom. The third kappa shape index (κ3) is 16.1. The van der Waals surface area contributed by atoms with Gasteiger partial charge in [0.2, 0.25) is 0 Å². The van der Waals surface area contributed by atoms with Gasteiger partial charge in [0.1, 0.15) is 0 Å². The predicted molar refractivity (Wildman–Crippen MR) is 111 cm³/mol. The molecule has 0 saturated carbocycles. The average molecular weight is 349 g/mol. The summed E-state index contributed by atoms with van der Waals surface area (Å²) in [6.45, 7) is 12.6. The molecular weight excluding hydrogens is 308 g/mol. The molecule has 0 aliphatic rings. The van der Waals surface area contributed by atoms with E-state index in [0.29, 0.717) is 0 Å². The van der Waals surface area contributed by atoms with Crippen LogP contribution in [0.5, 0.6) is 0 Å². The van der Waals surface area contributed by atoms with Crippen LogP contribution in [0.3, 0.4) is 0 Å². The lowest BCUT2D eigenvalue weighted by Gasteiger charge is -2.04. The molecule has 0 heterocycles. The molecule has 144 valence electrons. The van der Waals surface area contributed by atoms with Crippen LogP contribution in [0.15, 0.2) is 46.6 Å². The number of rotatable bonds is 14. The Balaban J connectivity index is 3.96. The summed E-state index contributed by atoms with van der Waals surface area (Å²) in [5, 5.41) is 8.85. The van der Waals surface area contributed by atoms with Crippen molar-refractivity contribution in [1.82, 2.24) is 0 Å².